The Morgan fingerprint density at radius 2 is 2.00 bits per heavy atom. The molecule has 0 bridgehead atoms. The number of carbonyl (C=O) groups excluding carboxylic acids is 1. The number of hydrogen-bond acceptors (Lipinski definition) is 5. The molecule has 5 N–H and O–H groups in total. The van der Waals surface area contributed by atoms with E-state index >= 15 is 0 Å². The van der Waals surface area contributed by atoms with Gasteiger partial charge in [0.15, 0.2) is 11.3 Å². The van der Waals surface area contributed by atoms with Crippen molar-refractivity contribution >= 4 is 11.5 Å². The summed E-state index contributed by atoms with van der Waals surface area (Å²) < 4.78 is 5.88. The number of nitrogen functional groups attached to an aromatic ring is 1. The van der Waals surface area contributed by atoms with E-state index in [2.05, 4.69) is 6.92 Å². The van der Waals surface area contributed by atoms with Crippen LogP contribution in [0.5, 0.6) is 5.75 Å². The predicted molar refractivity (Wildman–Crippen MR) is 88.5 cm³/mol. The maximum Gasteiger partial charge on any atom is 0.265 e. The van der Waals surface area contributed by atoms with Crippen LogP contribution >= 0.6 is 0 Å². The third-order valence-electron chi connectivity index (χ3n) is 5.81. The largest absolute Gasteiger partial charge is 0.455 e. The fourth-order valence-electron chi connectivity index (χ4n) is 4.24. The summed E-state index contributed by atoms with van der Waals surface area (Å²) in [6, 6.07) is 10.7. The average molecular weight is 322 g/mol. The zero-order chi connectivity index (χ0) is 16.9. The van der Waals surface area contributed by atoms with E-state index in [1.807, 2.05) is 18.2 Å². The lowest BCUT2D eigenvalue weighted by atomic mass is 9.84. The first kappa shape index (κ1) is 14.0. The van der Waals surface area contributed by atoms with E-state index in [0.29, 0.717) is 34.4 Å². The maximum absolute atomic E-state index is 13.0. The molecule has 2 aromatic rings. The average Bonchev–Trinajstić information content (AvgIpc) is 3.19. The van der Waals surface area contributed by atoms with E-state index in [-0.39, 0.29) is 5.56 Å². The summed E-state index contributed by atoms with van der Waals surface area (Å²) in [6.07, 6.45) is 1.15. The fraction of sp³-hybridized carbons (Fsp3) is 0.316. The van der Waals surface area contributed by atoms with Gasteiger partial charge in [0.1, 0.15) is 5.75 Å². The van der Waals surface area contributed by atoms with E-state index in [9.17, 15) is 9.90 Å². The van der Waals surface area contributed by atoms with Gasteiger partial charge in [-0.05, 0) is 36.0 Å². The number of anilines is 1. The number of rotatable bonds is 1. The molecule has 2 aromatic carbocycles. The van der Waals surface area contributed by atoms with Crippen molar-refractivity contribution in [3.8, 4) is 5.75 Å². The van der Waals surface area contributed by atoms with Crippen molar-refractivity contribution in [1.29, 1.82) is 0 Å². The molecule has 1 aliphatic heterocycles. The van der Waals surface area contributed by atoms with Gasteiger partial charge in [-0.25, -0.2) is 0 Å². The van der Waals surface area contributed by atoms with Gasteiger partial charge in [-0.1, -0.05) is 31.2 Å². The minimum absolute atomic E-state index is 0.257. The van der Waals surface area contributed by atoms with Gasteiger partial charge in [0.05, 0.1) is 5.56 Å². The molecule has 122 valence electrons. The van der Waals surface area contributed by atoms with Crippen LogP contribution < -0.4 is 16.2 Å². The normalized spacial score (nSPS) is 35.2. The molecule has 1 fully saturated rings. The van der Waals surface area contributed by atoms with Crippen molar-refractivity contribution in [1.82, 2.24) is 0 Å². The third kappa shape index (κ3) is 1.37. The lowest BCUT2D eigenvalue weighted by Crippen LogP contribution is -2.55. The number of benzene rings is 2. The summed E-state index contributed by atoms with van der Waals surface area (Å²) in [4.78, 5) is 13.0. The summed E-state index contributed by atoms with van der Waals surface area (Å²) in [6.45, 7) is 2.20. The molecule has 0 radical (unpaired) electrons. The summed E-state index contributed by atoms with van der Waals surface area (Å²) >= 11 is 0. The number of ketones is 1. The Labute approximate surface area is 139 Å². The van der Waals surface area contributed by atoms with E-state index < -0.39 is 17.1 Å². The topological polar surface area (TPSA) is 98.6 Å². The Kier molecular flexibility index (Phi) is 2.33. The minimum Gasteiger partial charge on any atom is -0.455 e. The molecular weight excluding hydrogens is 304 g/mol. The van der Waals surface area contributed by atoms with Gasteiger partial charge in [0, 0.05) is 16.8 Å². The molecule has 24 heavy (non-hydrogen) atoms. The first-order chi connectivity index (χ1) is 11.4. The maximum atomic E-state index is 13.0. The molecule has 0 saturated heterocycles. The molecule has 2 aliphatic carbocycles. The lowest BCUT2D eigenvalue weighted by Gasteiger charge is -2.29. The number of ether oxygens (including phenoxy) is 1. The minimum atomic E-state index is -1.91. The number of Topliss-reactive ketones (excluding diaryl/α,β-unsaturated/α-hetero) is 1. The van der Waals surface area contributed by atoms with Crippen molar-refractivity contribution in [2.75, 3.05) is 5.73 Å². The molecule has 4 atom stereocenters. The van der Waals surface area contributed by atoms with Gasteiger partial charge in [0.2, 0.25) is 0 Å². The SMILES string of the molecule is C[C@H]1CC1c1ccc2c(c1)O[C@]1(O)c3cccc(N)c3C(=O)[C@]21N. The van der Waals surface area contributed by atoms with Gasteiger partial charge in [-0.3, -0.25) is 4.79 Å². The Morgan fingerprint density at radius 3 is 2.71 bits per heavy atom. The monoisotopic (exact) mass is 322 g/mol. The second-order valence-corrected chi connectivity index (χ2v) is 7.23. The molecular formula is C19H18N2O3. The van der Waals surface area contributed by atoms with Crippen LogP contribution in [0.4, 0.5) is 5.69 Å². The van der Waals surface area contributed by atoms with Crippen molar-refractivity contribution in [2.24, 2.45) is 11.7 Å². The van der Waals surface area contributed by atoms with Gasteiger partial charge >= 0.3 is 0 Å². The Balaban J connectivity index is 1.71. The van der Waals surface area contributed by atoms with Gasteiger partial charge < -0.3 is 21.3 Å². The standard InChI is InChI=1S/C19H18N2O3/c1-9-7-11(9)10-5-6-12-15(8-10)24-19(23)13-3-2-4-14(20)16(13)17(22)18(12,19)21/h2-6,8-9,11,23H,7,20-21H2,1H3/t9-,11?,18+,19+/m0/s1. The molecule has 1 unspecified atom stereocenters. The van der Waals surface area contributed by atoms with Crippen LogP contribution in [0, 0.1) is 5.92 Å². The van der Waals surface area contributed by atoms with Crippen molar-refractivity contribution in [2.45, 2.75) is 30.6 Å². The van der Waals surface area contributed by atoms with E-state index in [1.165, 1.54) is 0 Å². The summed E-state index contributed by atoms with van der Waals surface area (Å²) in [5.74, 6) is -0.657. The number of hydrogen-bond donors (Lipinski definition) is 3. The van der Waals surface area contributed by atoms with Crippen LogP contribution in [0.3, 0.4) is 0 Å². The molecule has 0 amide bonds. The molecule has 1 saturated carbocycles. The van der Waals surface area contributed by atoms with E-state index in [4.69, 9.17) is 16.2 Å². The quantitative estimate of drug-likeness (QED) is 0.697. The second-order valence-electron chi connectivity index (χ2n) is 7.23. The molecule has 5 nitrogen and oxygen atoms in total. The highest BCUT2D eigenvalue weighted by Gasteiger charge is 2.69. The van der Waals surface area contributed by atoms with Crippen molar-refractivity contribution in [3.63, 3.8) is 0 Å². The van der Waals surface area contributed by atoms with Crippen LogP contribution in [-0.2, 0) is 11.3 Å². The van der Waals surface area contributed by atoms with E-state index in [0.717, 1.165) is 12.0 Å². The van der Waals surface area contributed by atoms with E-state index in [1.54, 1.807) is 18.2 Å². The zero-order valence-electron chi connectivity index (χ0n) is 13.2. The van der Waals surface area contributed by atoms with Crippen LogP contribution in [0.25, 0.3) is 0 Å². The number of fused-ring (bicyclic) bond motifs is 5. The summed E-state index contributed by atoms with van der Waals surface area (Å²) in [5, 5.41) is 11.2. The third-order valence-corrected chi connectivity index (χ3v) is 5.81. The highest BCUT2D eigenvalue weighted by atomic mass is 16.6. The van der Waals surface area contributed by atoms with Crippen LogP contribution in [0.1, 0.15) is 46.3 Å². The van der Waals surface area contributed by atoms with Crippen molar-refractivity contribution < 1.29 is 14.6 Å². The highest BCUT2D eigenvalue weighted by Crippen LogP contribution is 2.58. The van der Waals surface area contributed by atoms with Crippen molar-refractivity contribution in [3.05, 3.63) is 58.7 Å². The molecule has 5 heteroatoms. The Hall–Kier alpha value is -2.37. The van der Waals surface area contributed by atoms with Gasteiger partial charge in [-0.2, -0.15) is 0 Å². The molecule has 5 rings (SSSR count). The predicted octanol–water partition coefficient (Wildman–Crippen LogP) is 1.98. The van der Waals surface area contributed by atoms with Crippen LogP contribution in [0.15, 0.2) is 36.4 Å². The number of nitrogens with two attached hydrogens (primary N) is 2. The smallest absolute Gasteiger partial charge is 0.265 e. The van der Waals surface area contributed by atoms with Gasteiger partial charge in [0.25, 0.3) is 5.79 Å². The van der Waals surface area contributed by atoms with Crippen LogP contribution in [-0.4, -0.2) is 10.9 Å². The second kappa shape index (κ2) is 3.99. The molecule has 0 spiro atoms. The fourth-order valence-corrected chi connectivity index (χ4v) is 4.24. The molecule has 0 aromatic heterocycles. The first-order valence-corrected chi connectivity index (χ1v) is 8.16. The van der Waals surface area contributed by atoms with Crippen LogP contribution in [0.2, 0.25) is 0 Å². The number of aliphatic hydroxyl groups is 1. The lowest BCUT2D eigenvalue weighted by molar-refractivity contribution is -0.162. The van der Waals surface area contributed by atoms with Gasteiger partial charge in [-0.15, -0.1) is 0 Å². The summed E-state index contributed by atoms with van der Waals surface area (Å²) in [5.41, 5.74) is 13.3. The Bertz CT molecular complexity index is 925. The number of carbonyl (C=O) groups is 1. The summed E-state index contributed by atoms with van der Waals surface area (Å²) in [7, 11) is 0. The molecule has 1 heterocycles. The highest BCUT2D eigenvalue weighted by molar-refractivity contribution is 6.13. The zero-order valence-corrected chi connectivity index (χ0v) is 13.2. The first-order valence-electron chi connectivity index (χ1n) is 8.16. The Morgan fingerprint density at radius 1 is 1.25 bits per heavy atom. The molecule has 3 aliphatic rings.